The third-order valence-corrected chi connectivity index (χ3v) is 8.65. The molecule has 0 aliphatic rings. The lowest BCUT2D eigenvalue weighted by Gasteiger charge is -2.19. The molecule has 0 unspecified atom stereocenters. The Morgan fingerprint density at radius 2 is 1.07 bits per heavy atom. The summed E-state index contributed by atoms with van der Waals surface area (Å²) in [6, 6.07) is 46.2. The molecule has 8 aromatic carbocycles. The van der Waals surface area contributed by atoms with E-state index in [0.717, 1.165) is 49.4 Å². The summed E-state index contributed by atoms with van der Waals surface area (Å²) in [4.78, 5) is 4.86. The van der Waals surface area contributed by atoms with Crippen LogP contribution in [0.2, 0.25) is 0 Å². The summed E-state index contributed by atoms with van der Waals surface area (Å²) < 4.78 is 44.3. The molecular formula is C43H28N2. The number of rotatable bonds is 4. The highest BCUT2D eigenvalue weighted by Gasteiger charge is 2.19. The Morgan fingerprint density at radius 1 is 0.467 bits per heavy atom. The maximum Gasteiger partial charge on any atom is 0.145 e. The Hall–Kier alpha value is -5.99. The van der Waals surface area contributed by atoms with Crippen LogP contribution in [0.1, 0.15) is 6.85 Å². The van der Waals surface area contributed by atoms with Gasteiger partial charge in [-0.15, -0.1) is 0 Å². The largest absolute Gasteiger partial charge is 0.292 e. The van der Waals surface area contributed by atoms with Crippen molar-refractivity contribution in [2.24, 2.45) is 0 Å². The molecule has 0 fully saturated rings. The van der Waals surface area contributed by atoms with Gasteiger partial charge >= 0.3 is 0 Å². The van der Waals surface area contributed by atoms with Crippen molar-refractivity contribution < 1.29 is 6.85 Å². The van der Waals surface area contributed by atoms with Gasteiger partial charge in [0.1, 0.15) is 5.82 Å². The van der Waals surface area contributed by atoms with E-state index in [1.54, 1.807) is 0 Å². The molecule has 9 aromatic rings. The third kappa shape index (κ3) is 4.15. The number of nitrogens with zero attached hydrogens (tertiary/aromatic N) is 2. The predicted octanol–water partition coefficient (Wildman–Crippen LogP) is 11.5. The first-order valence-electron chi connectivity index (χ1n) is 17.5. The zero-order valence-electron chi connectivity index (χ0n) is 29.2. The molecule has 210 valence electrons. The molecule has 0 amide bonds. The van der Waals surface area contributed by atoms with E-state index in [0.29, 0.717) is 11.3 Å². The highest BCUT2D eigenvalue weighted by atomic mass is 15.1. The molecule has 0 aliphatic carbocycles. The van der Waals surface area contributed by atoms with E-state index < -0.39 is 18.1 Å². The van der Waals surface area contributed by atoms with Crippen molar-refractivity contribution in [3.05, 3.63) is 170 Å². The zero-order chi connectivity index (χ0) is 34.1. The van der Waals surface area contributed by atoms with E-state index in [1.165, 1.54) is 16.3 Å². The highest BCUT2D eigenvalue weighted by Crippen LogP contribution is 2.44. The second kappa shape index (κ2) is 10.3. The van der Waals surface area contributed by atoms with Gasteiger partial charge in [0.05, 0.1) is 17.9 Å². The van der Waals surface area contributed by atoms with E-state index in [-0.39, 0.29) is 17.6 Å². The lowest BCUT2D eigenvalue weighted by atomic mass is 9.85. The quantitative estimate of drug-likeness (QED) is 0.190. The Morgan fingerprint density at radius 3 is 1.78 bits per heavy atom. The summed E-state index contributed by atoms with van der Waals surface area (Å²) in [5.41, 5.74) is 6.69. The van der Waals surface area contributed by atoms with E-state index in [9.17, 15) is 0 Å². The van der Waals surface area contributed by atoms with Crippen LogP contribution in [0, 0.1) is 0 Å². The molecule has 0 radical (unpaired) electrons. The van der Waals surface area contributed by atoms with Crippen molar-refractivity contribution >= 4 is 43.4 Å². The van der Waals surface area contributed by atoms with Gasteiger partial charge < -0.3 is 0 Å². The molecule has 0 aliphatic heterocycles. The molecule has 1 heterocycles. The average molecular weight is 578 g/mol. The van der Waals surface area contributed by atoms with Crippen molar-refractivity contribution in [2.45, 2.75) is 0 Å². The van der Waals surface area contributed by atoms with Gasteiger partial charge in [0.25, 0.3) is 0 Å². The second-order valence-corrected chi connectivity index (χ2v) is 11.2. The van der Waals surface area contributed by atoms with E-state index in [2.05, 4.69) is 103 Å². The number of para-hydroxylation sites is 2. The van der Waals surface area contributed by atoms with Crippen LogP contribution in [0.4, 0.5) is 0 Å². The fourth-order valence-corrected chi connectivity index (χ4v) is 6.71. The van der Waals surface area contributed by atoms with Gasteiger partial charge in [0.2, 0.25) is 0 Å². The fraction of sp³-hybridized carbons (Fsp3) is 0. The number of imidazole rings is 1. The monoisotopic (exact) mass is 577 g/mol. The van der Waals surface area contributed by atoms with E-state index in [4.69, 9.17) is 11.8 Å². The number of fused-ring (bicyclic) bond motifs is 4. The van der Waals surface area contributed by atoms with Gasteiger partial charge in [0, 0.05) is 11.3 Å². The van der Waals surface area contributed by atoms with Crippen LogP contribution in [0.25, 0.3) is 82.7 Å². The Kier molecular flexibility index (Phi) is 4.78. The minimum atomic E-state index is -0.431. The molecule has 2 nitrogen and oxygen atoms in total. The maximum absolute atomic E-state index is 8.77. The van der Waals surface area contributed by atoms with Gasteiger partial charge in [-0.25, -0.2) is 4.98 Å². The van der Waals surface area contributed by atoms with Crippen LogP contribution in [-0.2, 0) is 0 Å². The number of hydrogen-bond acceptors (Lipinski definition) is 1. The Labute approximate surface area is 268 Å². The van der Waals surface area contributed by atoms with E-state index in [1.807, 2.05) is 41.0 Å². The molecule has 2 heteroatoms. The van der Waals surface area contributed by atoms with Gasteiger partial charge in [-0.2, -0.15) is 0 Å². The number of aromatic nitrogens is 2. The van der Waals surface area contributed by atoms with Crippen LogP contribution in [0.5, 0.6) is 0 Å². The third-order valence-electron chi connectivity index (χ3n) is 8.65. The maximum atomic E-state index is 8.77. The van der Waals surface area contributed by atoms with Gasteiger partial charge in [0.15, 0.2) is 0 Å². The zero-order valence-corrected chi connectivity index (χ0v) is 24.2. The highest BCUT2D eigenvalue weighted by molar-refractivity contribution is 6.21. The van der Waals surface area contributed by atoms with Crippen LogP contribution >= 0.6 is 0 Å². The minimum absolute atomic E-state index is 0.0632. The Bertz CT molecular complexity index is 2750. The number of hydrogen-bond donors (Lipinski definition) is 0. The SMILES string of the molecule is [2H]c1c([2H])c([2H])c(-c2nc3ccccc3n2-c2cccc(-c3c4ccccc4c(-c4ccc5ccccc5c4)c4ccccc34)c2)c([2H])c1[2H]. The second-order valence-electron chi connectivity index (χ2n) is 11.2. The molecule has 0 atom stereocenters. The van der Waals surface area contributed by atoms with Crippen molar-refractivity contribution in [3.8, 4) is 39.3 Å². The molecule has 0 N–H and O–H groups in total. The first kappa shape index (κ1) is 20.8. The van der Waals surface area contributed by atoms with E-state index >= 15 is 0 Å². The summed E-state index contributed by atoms with van der Waals surface area (Å²) in [7, 11) is 0. The first-order chi connectivity index (χ1) is 24.4. The topological polar surface area (TPSA) is 17.8 Å². The summed E-state index contributed by atoms with van der Waals surface area (Å²) in [6.07, 6.45) is 0. The average Bonchev–Trinajstić information content (AvgIpc) is 3.54. The number of benzene rings is 8. The fourth-order valence-electron chi connectivity index (χ4n) is 6.71. The van der Waals surface area contributed by atoms with Gasteiger partial charge in [-0.1, -0.05) is 139 Å². The molecular weight excluding hydrogens is 544 g/mol. The lowest BCUT2D eigenvalue weighted by Crippen LogP contribution is -1.98. The van der Waals surface area contributed by atoms with Crippen molar-refractivity contribution in [2.75, 3.05) is 0 Å². The van der Waals surface area contributed by atoms with Crippen LogP contribution < -0.4 is 0 Å². The minimum Gasteiger partial charge on any atom is -0.292 e. The molecule has 1 aromatic heterocycles. The lowest BCUT2D eigenvalue weighted by molar-refractivity contribution is 1.10. The summed E-state index contributed by atoms with van der Waals surface area (Å²) >= 11 is 0. The van der Waals surface area contributed by atoms with Crippen molar-refractivity contribution in [1.82, 2.24) is 9.55 Å². The molecule has 0 bridgehead atoms. The molecule has 45 heavy (non-hydrogen) atoms. The van der Waals surface area contributed by atoms with Gasteiger partial charge in [-0.05, 0) is 84.9 Å². The summed E-state index contributed by atoms with van der Waals surface area (Å²) in [5, 5.41) is 6.93. The predicted molar refractivity (Wildman–Crippen MR) is 190 cm³/mol. The normalized spacial score (nSPS) is 13.1. The van der Waals surface area contributed by atoms with Crippen LogP contribution in [0.15, 0.2) is 170 Å². The van der Waals surface area contributed by atoms with Crippen molar-refractivity contribution in [3.63, 3.8) is 0 Å². The molecule has 0 saturated heterocycles. The summed E-state index contributed by atoms with van der Waals surface area (Å²) in [6.45, 7) is 0. The molecule has 0 spiro atoms. The van der Waals surface area contributed by atoms with Crippen molar-refractivity contribution in [1.29, 1.82) is 0 Å². The molecule has 9 rings (SSSR count). The summed E-state index contributed by atoms with van der Waals surface area (Å²) in [5.74, 6) is 0.293. The van der Waals surface area contributed by atoms with Crippen LogP contribution in [0.3, 0.4) is 0 Å². The molecule has 0 saturated carbocycles. The van der Waals surface area contributed by atoms with Gasteiger partial charge in [-0.3, -0.25) is 4.57 Å². The Balaban J connectivity index is 1.32. The standard InChI is InChI=1S/C43H28N2/c1-2-14-30(15-3-1)43-44-39-23-10-11-24-40(39)45(43)34-18-12-17-32(28-34)41-35-19-6-8-21-37(35)42(38-22-9-7-20-36(38)41)33-26-25-29-13-4-5-16-31(29)27-33/h1-28H/i1D,2D,3D,14D,15D. The smallest absolute Gasteiger partial charge is 0.145 e. The van der Waals surface area contributed by atoms with Crippen LogP contribution in [-0.4, -0.2) is 9.55 Å². The first-order valence-corrected chi connectivity index (χ1v) is 15.0.